The van der Waals surface area contributed by atoms with E-state index in [9.17, 15) is 9.59 Å². The maximum atomic E-state index is 12.7. The molecule has 0 saturated heterocycles. The van der Waals surface area contributed by atoms with E-state index in [1.807, 2.05) is 30.3 Å². The van der Waals surface area contributed by atoms with Crippen molar-refractivity contribution in [3.63, 3.8) is 0 Å². The number of hydrogen-bond acceptors (Lipinski definition) is 3. The molecule has 26 heavy (non-hydrogen) atoms. The molecule has 6 nitrogen and oxygen atoms in total. The highest BCUT2D eigenvalue weighted by molar-refractivity contribution is 6.30. The minimum Gasteiger partial charge on any atom is -0.324 e. The predicted octanol–water partition coefficient (Wildman–Crippen LogP) is 3.73. The zero-order valence-electron chi connectivity index (χ0n) is 13.6. The van der Waals surface area contributed by atoms with Gasteiger partial charge in [0.05, 0.1) is 12.1 Å². The molecule has 0 fully saturated rings. The van der Waals surface area contributed by atoms with Crippen LogP contribution >= 0.6 is 11.6 Å². The lowest BCUT2D eigenvalue weighted by Crippen LogP contribution is -2.35. The Morgan fingerprint density at radius 3 is 2.62 bits per heavy atom. The summed E-state index contributed by atoms with van der Waals surface area (Å²) in [5.41, 5.74) is 2.23. The normalized spacial score (nSPS) is 15.9. The fraction of sp³-hybridized carbons (Fsp3) is 0.105. The van der Waals surface area contributed by atoms with Gasteiger partial charge in [-0.25, -0.2) is 4.68 Å². The van der Waals surface area contributed by atoms with Gasteiger partial charge < -0.3 is 10.6 Å². The standard InChI is InChI=1S/C19H15ClN4O2/c20-13-6-8-14(9-7-13)21-19(26)16-11-18(25)22-17-10-15(23-24(16)17)12-4-2-1-3-5-12/h1-10,16H,11H2,(H,21,26)(H,22,25). The van der Waals surface area contributed by atoms with Gasteiger partial charge in [-0.3, -0.25) is 9.59 Å². The van der Waals surface area contributed by atoms with Gasteiger partial charge in [-0.15, -0.1) is 0 Å². The molecule has 1 atom stereocenters. The fourth-order valence-electron chi connectivity index (χ4n) is 2.89. The number of aromatic nitrogens is 2. The monoisotopic (exact) mass is 366 g/mol. The van der Waals surface area contributed by atoms with Crippen LogP contribution in [0.2, 0.25) is 5.02 Å². The van der Waals surface area contributed by atoms with Crippen molar-refractivity contribution in [1.29, 1.82) is 0 Å². The van der Waals surface area contributed by atoms with Gasteiger partial charge in [0.25, 0.3) is 0 Å². The van der Waals surface area contributed by atoms with Crippen molar-refractivity contribution in [3.05, 3.63) is 65.7 Å². The zero-order valence-corrected chi connectivity index (χ0v) is 14.4. The van der Waals surface area contributed by atoms with Gasteiger partial charge in [0.2, 0.25) is 11.8 Å². The molecule has 1 unspecified atom stereocenters. The fourth-order valence-corrected chi connectivity index (χ4v) is 3.02. The Labute approximate surface area is 154 Å². The van der Waals surface area contributed by atoms with Gasteiger partial charge in [-0.2, -0.15) is 5.10 Å². The van der Waals surface area contributed by atoms with Gasteiger partial charge in [-0.05, 0) is 24.3 Å². The molecule has 7 heteroatoms. The summed E-state index contributed by atoms with van der Waals surface area (Å²) >= 11 is 5.86. The van der Waals surface area contributed by atoms with Crippen LogP contribution in [0.4, 0.5) is 11.5 Å². The highest BCUT2D eigenvalue weighted by Crippen LogP contribution is 2.30. The average Bonchev–Trinajstić information content (AvgIpc) is 3.07. The Balaban J connectivity index is 1.64. The van der Waals surface area contributed by atoms with E-state index in [1.165, 1.54) is 0 Å². The van der Waals surface area contributed by atoms with E-state index in [2.05, 4.69) is 15.7 Å². The summed E-state index contributed by atoms with van der Waals surface area (Å²) in [7, 11) is 0. The molecule has 3 aromatic rings. The van der Waals surface area contributed by atoms with E-state index in [4.69, 9.17) is 11.6 Å². The largest absolute Gasteiger partial charge is 0.324 e. The highest BCUT2D eigenvalue weighted by Gasteiger charge is 2.32. The van der Waals surface area contributed by atoms with Gasteiger partial charge in [0.15, 0.2) is 0 Å². The Bertz CT molecular complexity index is 967. The predicted molar refractivity (Wildman–Crippen MR) is 100 cm³/mol. The van der Waals surface area contributed by atoms with Crippen LogP contribution < -0.4 is 10.6 Å². The number of fused-ring (bicyclic) bond motifs is 1. The number of nitrogens with zero attached hydrogens (tertiary/aromatic N) is 2. The minimum absolute atomic E-state index is 0.0301. The van der Waals surface area contributed by atoms with Gasteiger partial charge in [-0.1, -0.05) is 41.9 Å². The number of carbonyl (C=O) groups excluding carboxylic acids is 2. The summed E-state index contributed by atoms with van der Waals surface area (Å²) in [4.78, 5) is 24.8. The summed E-state index contributed by atoms with van der Waals surface area (Å²) in [5.74, 6) is -0.00392. The quantitative estimate of drug-likeness (QED) is 0.741. The molecule has 2 amide bonds. The van der Waals surface area contributed by atoms with Crippen LogP contribution in [0.25, 0.3) is 11.3 Å². The van der Waals surface area contributed by atoms with Crippen LogP contribution in [0.15, 0.2) is 60.7 Å². The van der Waals surface area contributed by atoms with Gasteiger partial charge in [0.1, 0.15) is 11.9 Å². The summed E-state index contributed by atoms with van der Waals surface area (Å²) in [6.07, 6.45) is 0.0301. The first-order chi connectivity index (χ1) is 12.6. The summed E-state index contributed by atoms with van der Waals surface area (Å²) in [6.45, 7) is 0. The smallest absolute Gasteiger partial charge is 0.249 e. The third-order valence-corrected chi connectivity index (χ3v) is 4.41. The zero-order chi connectivity index (χ0) is 18.1. The van der Waals surface area contributed by atoms with Crippen LogP contribution in [0, 0.1) is 0 Å². The first-order valence-corrected chi connectivity index (χ1v) is 8.49. The van der Waals surface area contributed by atoms with E-state index in [0.717, 1.165) is 5.56 Å². The molecular weight excluding hydrogens is 352 g/mol. The van der Waals surface area contributed by atoms with Crippen LogP contribution in [-0.4, -0.2) is 21.6 Å². The maximum absolute atomic E-state index is 12.7. The molecule has 2 aromatic carbocycles. The molecule has 0 bridgehead atoms. The van der Waals surface area contributed by atoms with E-state index >= 15 is 0 Å². The van der Waals surface area contributed by atoms with Crippen molar-refractivity contribution in [2.24, 2.45) is 0 Å². The molecular formula is C19H15ClN4O2. The van der Waals surface area contributed by atoms with Crippen LogP contribution in [-0.2, 0) is 9.59 Å². The van der Waals surface area contributed by atoms with Crippen molar-refractivity contribution >= 4 is 34.9 Å². The molecule has 4 rings (SSSR count). The number of hydrogen-bond donors (Lipinski definition) is 2. The molecule has 1 aliphatic rings. The molecule has 130 valence electrons. The Hall–Kier alpha value is -3.12. The lowest BCUT2D eigenvalue weighted by atomic mass is 10.1. The Morgan fingerprint density at radius 1 is 1.15 bits per heavy atom. The van der Waals surface area contributed by atoms with Crippen molar-refractivity contribution < 1.29 is 9.59 Å². The second kappa shape index (κ2) is 6.65. The van der Waals surface area contributed by atoms with E-state index in [-0.39, 0.29) is 18.2 Å². The van der Waals surface area contributed by atoms with Crippen molar-refractivity contribution in [1.82, 2.24) is 9.78 Å². The molecule has 1 aliphatic heterocycles. The number of carbonyl (C=O) groups is 2. The lowest BCUT2D eigenvalue weighted by molar-refractivity contribution is -0.125. The minimum atomic E-state index is -0.716. The van der Waals surface area contributed by atoms with E-state index in [0.29, 0.717) is 22.2 Å². The average molecular weight is 367 g/mol. The van der Waals surface area contributed by atoms with Crippen molar-refractivity contribution in [2.75, 3.05) is 10.6 Å². The summed E-state index contributed by atoms with van der Waals surface area (Å²) in [5, 5.41) is 10.7. The molecule has 1 aromatic heterocycles. The molecule has 0 saturated carbocycles. The number of amides is 2. The van der Waals surface area contributed by atoms with Crippen molar-refractivity contribution in [2.45, 2.75) is 12.5 Å². The Kier molecular flexibility index (Phi) is 4.18. The molecule has 0 radical (unpaired) electrons. The van der Waals surface area contributed by atoms with Gasteiger partial charge in [0, 0.05) is 22.3 Å². The third kappa shape index (κ3) is 3.19. The molecule has 2 heterocycles. The summed E-state index contributed by atoms with van der Waals surface area (Å²) < 4.78 is 1.56. The number of rotatable bonds is 3. The molecule has 0 aliphatic carbocycles. The number of halogens is 1. The lowest BCUT2D eigenvalue weighted by Gasteiger charge is -2.23. The topological polar surface area (TPSA) is 76.0 Å². The first-order valence-electron chi connectivity index (χ1n) is 8.11. The second-order valence-corrected chi connectivity index (χ2v) is 6.43. The summed E-state index contributed by atoms with van der Waals surface area (Å²) in [6, 6.07) is 17.5. The number of anilines is 2. The SMILES string of the molecule is O=C1CC(C(=O)Nc2ccc(Cl)cc2)n2nc(-c3ccccc3)cc2N1. The Morgan fingerprint density at radius 2 is 1.88 bits per heavy atom. The van der Waals surface area contributed by atoms with Crippen LogP contribution in [0.5, 0.6) is 0 Å². The van der Waals surface area contributed by atoms with Gasteiger partial charge >= 0.3 is 0 Å². The second-order valence-electron chi connectivity index (χ2n) is 5.99. The molecule has 2 N–H and O–H groups in total. The van der Waals surface area contributed by atoms with Crippen LogP contribution in [0.1, 0.15) is 12.5 Å². The molecule has 0 spiro atoms. The van der Waals surface area contributed by atoms with Crippen LogP contribution in [0.3, 0.4) is 0 Å². The first kappa shape index (κ1) is 16.4. The number of nitrogens with one attached hydrogen (secondary N) is 2. The highest BCUT2D eigenvalue weighted by atomic mass is 35.5. The van der Waals surface area contributed by atoms with Crippen molar-refractivity contribution in [3.8, 4) is 11.3 Å². The van der Waals surface area contributed by atoms with E-state index in [1.54, 1.807) is 35.0 Å². The number of benzene rings is 2. The third-order valence-electron chi connectivity index (χ3n) is 4.16. The van der Waals surface area contributed by atoms with E-state index < -0.39 is 6.04 Å². The maximum Gasteiger partial charge on any atom is 0.249 e.